The van der Waals surface area contributed by atoms with Gasteiger partial charge < -0.3 is 0 Å². The van der Waals surface area contributed by atoms with Crippen LogP contribution < -0.4 is 0 Å². The smallest absolute Gasteiger partial charge is 0.146 e. The van der Waals surface area contributed by atoms with E-state index >= 15 is 0 Å². The predicted octanol–water partition coefficient (Wildman–Crippen LogP) is 8.05. The zero-order chi connectivity index (χ0) is 21.0. The molecule has 0 aromatic rings. The first-order valence-corrected chi connectivity index (χ1v) is 13.7. The van der Waals surface area contributed by atoms with Crippen LogP contribution in [0.3, 0.4) is 0 Å². The molecule has 4 aliphatic carbocycles. The molecule has 4 fully saturated rings. The lowest BCUT2D eigenvalue weighted by Gasteiger charge is -2.61. The highest BCUT2D eigenvalue weighted by molar-refractivity contribution is 9.10. The summed E-state index contributed by atoms with van der Waals surface area (Å²) < 4.78 is 0. The summed E-state index contributed by atoms with van der Waals surface area (Å²) in [6.07, 6.45) is 14.7. The van der Waals surface area contributed by atoms with E-state index in [0.717, 1.165) is 48.3 Å². The van der Waals surface area contributed by atoms with Crippen molar-refractivity contribution < 1.29 is 4.79 Å². The van der Waals surface area contributed by atoms with Crippen LogP contribution >= 0.6 is 15.9 Å². The highest BCUT2D eigenvalue weighted by Gasteiger charge is 2.61. The number of hydrogen-bond donors (Lipinski definition) is 0. The van der Waals surface area contributed by atoms with Crippen molar-refractivity contribution in [2.45, 2.75) is 110 Å². The van der Waals surface area contributed by atoms with E-state index in [1.165, 1.54) is 57.8 Å². The van der Waals surface area contributed by atoms with Crippen LogP contribution in [0.1, 0.15) is 105 Å². The molecule has 0 N–H and O–H groups in total. The Morgan fingerprint density at radius 2 is 1.69 bits per heavy atom. The van der Waals surface area contributed by atoms with Crippen LogP contribution in [0.15, 0.2) is 0 Å². The zero-order valence-electron chi connectivity index (χ0n) is 19.7. The molecule has 29 heavy (non-hydrogen) atoms. The minimum atomic E-state index is 0.119. The summed E-state index contributed by atoms with van der Waals surface area (Å²) in [5.41, 5.74) is 0.979. The van der Waals surface area contributed by atoms with Crippen molar-refractivity contribution in [2.75, 3.05) is 0 Å². The Kier molecular flexibility index (Phi) is 6.36. The number of halogens is 1. The molecule has 0 aromatic carbocycles. The fraction of sp³-hybridized carbons (Fsp3) is 0.963. The van der Waals surface area contributed by atoms with Crippen LogP contribution in [0, 0.1) is 52.3 Å². The monoisotopic (exact) mass is 464 g/mol. The first-order valence-electron chi connectivity index (χ1n) is 12.8. The summed E-state index contributed by atoms with van der Waals surface area (Å²) in [5.74, 6) is 6.56. The summed E-state index contributed by atoms with van der Waals surface area (Å²) in [6, 6.07) is 0. The Balaban J connectivity index is 1.48. The number of carbonyl (C=O) groups is 1. The van der Waals surface area contributed by atoms with Crippen molar-refractivity contribution in [1.29, 1.82) is 0 Å². The maximum atomic E-state index is 12.4. The van der Waals surface area contributed by atoms with Crippen LogP contribution in [0.25, 0.3) is 0 Å². The third kappa shape index (κ3) is 3.80. The first kappa shape index (κ1) is 22.3. The summed E-state index contributed by atoms with van der Waals surface area (Å²) >= 11 is 3.75. The fourth-order valence-corrected chi connectivity index (χ4v) is 9.97. The van der Waals surface area contributed by atoms with Crippen molar-refractivity contribution >= 4 is 21.7 Å². The van der Waals surface area contributed by atoms with Crippen molar-refractivity contribution in [3.05, 3.63) is 0 Å². The first-order chi connectivity index (χ1) is 13.7. The van der Waals surface area contributed by atoms with Gasteiger partial charge in [-0.2, -0.15) is 0 Å². The molecular weight excluding hydrogens is 420 g/mol. The van der Waals surface area contributed by atoms with Crippen molar-refractivity contribution in [3.63, 3.8) is 0 Å². The Morgan fingerprint density at radius 3 is 2.41 bits per heavy atom. The molecule has 166 valence electrons. The zero-order valence-corrected chi connectivity index (χ0v) is 21.3. The molecule has 9 atom stereocenters. The quantitative estimate of drug-likeness (QED) is 0.375. The molecule has 0 heterocycles. The second-order valence-corrected chi connectivity index (χ2v) is 13.6. The van der Waals surface area contributed by atoms with Gasteiger partial charge in [0.05, 0.1) is 4.83 Å². The lowest BCUT2D eigenvalue weighted by atomic mass is 9.44. The van der Waals surface area contributed by atoms with Crippen molar-refractivity contribution in [3.8, 4) is 0 Å². The largest absolute Gasteiger partial charge is 0.298 e. The Labute approximate surface area is 188 Å². The fourth-order valence-electron chi connectivity index (χ4n) is 9.08. The summed E-state index contributed by atoms with van der Waals surface area (Å²) in [4.78, 5) is 12.5. The molecule has 1 nitrogen and oxygen atoms in total. The maximum absolute atomic E-state index is 12.4. The Bertz CT molecular complexity index is 614. The molecule has 0 saturated heterocycles. The molecule has 4 saturated carbocycles. The van der Waals surface area contributed by atoms with E-state index in [9.17, 15) is 4.79 Å². The lowest BCUT2D eigenvalue weighted by Crippen LogP contribution is -2.55. The number of fused-ring (bicyclic) bond motifs is 5. The topological polar surface area (TPSA) is 17.1 Å². The SMILES string of the molecule is CC(C)CCC[C@H](C)[C@H]1CC[C@H]2[C@@H]3CC[C@H]4CC(=O)[C@H](Br)C[C@]4(C)[C@H]3CC[C@]12C. The minimum absolute atomic E-state index is 0.119. The molecule has 0 bridgehead atoms. The molecule has 0 aromatic heterocycles. The van der Waals surface area contributed by atoms with Gasteiger partial charge in [-0.05, 0) is 97.2 Å². The summed E-state index contributed by atoms with van der Waals surface area (Å²) in [6.45, 7) is 12.6. The van der Waals surface area contributed by atoms with Gasteiger partial charge in [0.25, 0.3) is 0 Å². The number of rotatable bonds is 5. The van der Waals surface area contributed by atoms with Crippen molar-refractivity contribution in [1.82, 2.24) is 0 Å². The second-order valence-electron chi connectivity index (χ2n) is 12.5. The lowest BCUT2D eigenvalue weighted by molar-refractivity contribution is -0.139. The molecule has 0 radical (unpaired) electrons. The highest BCUT2D eigenvalue weighted by atomic mass is 79.9. The van der Waals surface area contributed by atoms with E-state index < -0.39 is 0 Å². The van der Waals surface area contributed by atoms with E-state index in [1.54, 1.807) is 0 Å². The third-order valence-corrected chi connectivity index (χ3v) is 11.5. The molecule has 2 heteroatoms. The molecule has 0 amide bonds. The Morgan fingerprint density at radius 1 is 0.966 bits per heavy atom. The third-order valence-electron chi connectivity index (χ3n) is 10.7. The predicted molar refractivity (Wildman–Crippen MR) is 126 cm³/mol. The molecular formula is C27H45BrO. The van der Waals surface area contributed by atoms with E-state index in [-0.39, 0.29) is 4.83 Å². The minimum Gasteiger partial charge on any atom is -0.298 e. The van der Waals surface area contributed by atoms with E-state index in [1.807, 2.05) is 0 Å². The summed E-state index contributed by atoms with van der Waals surface area (Å²) in [5, 5.41) is 0. The van der Waals surface area contributed by atoms with Gasteiger partial charge in [0.2, 0.25) is 0 Å². The molecule has 0 spiro atoms. The number of carbonyl (C=O) groups excluding carboxylic acids is 1. The van der Waals surface area contributed by atoms with Gasteiger partial charge in [-0.1, -0.05) is 69.8 Å². The van der Waals surface area contributed by atoms with Crippen LogP contribution in [-0.2, 0) is 4.79 Å². The standard InChI is InChI=1S/C27H45BrO/c1-17(2)7-6-8-18(3)21-11-12-22-20-10-9-19-15-25(29)24(28)16-27(19,5)23(20)13-14-26(21,22)4/h17-24H,6-16H2,1-5H3/t18-,19-,20-,21+,22-,23-,24+,26+,27-/m0/s1. The second kappa shape index (κ2) is 8.25. The van der Waals surface area contributed by atoms with E-state index in [4.69, 9.17) is 0 Å². The van der Waals surface area contributed by atoms with Crippen LogP contribution in [-0.4, -0.2) is 10.6 Å². The maximum Gasteiger partial charge on any atom is 0.146 e. The number of Topliss-reactive ketones (excluding diaryl/α,β-unsaturated/α-hetero) is 1. The van der Waals surface area contributed by atoms with Crippen molar-refractivity contribution in [2.24, 2.45) is 52.3 Å². The van der Waals surface area contributed by atoms with Crippen LogP contribution in [0.5, 0.6) is 0 Å². The highest BCUT2D eigenvalue weighted by Crippen LogP contribution is 2.68. The van der Waals surface area contributed by atoms with E-state index in [2.05, 4.69) is 50.5 Å². The van der Waals surface area contributed by atoms with Crippen LogP contribution in [0.2, 0.25) is 0 Å². The summed E-state index contributed by atoms with van der Waals surface area (Å²) in [7, 11) is 0. The van der Waals surface area contributed by atoms with Gasteiger partial charge in [0, 0.05) is 6.42 Å². The molecule has 4 rings (SSSR count). The average molecular weight is 466 g/mol. The van der Waals surface area contributed by atoms with Gasteiger partial charge in [0.1, 0.15) is 5.78 Å². The normalized spacial score (nSPS) is 48.2. The molecule has 4 aliphatic rings. The Hall–Kier alpha value is 0.150. The van der Waals surface area contributed by atoms with Gasteiger partial charge in [-0.3, -0.25) is 4.79 Å². The van der Waals surface area contributed by atoms with Gasteiger partial charge in [-0.15, -0.1) is 0 Å². The van der Waals surface area contributed by atoms with E-state index in [0.29, 0.717) is 22.5 Å². The van der Waals surface area contributed by atoms with Gasteiger partial charge in [0.15, 0.2) is 0 Å². The number of ketones is 1. The average Bonchev–Trinajstić information content (AvgIpc) is 3.00. The van der Waals surface area contributed by atoms with Crippen LogP contribution in [0.4, 0.5) is 0 Å². The number of hydrogen-bond acceptors (Lipinski definition) is 1. The van der Waals surface area contributed by atoms with Gasteiger partial charge in [-0.25, -0.2) is 0 Å². The number of alkyl halides is 1. The molecule has 0 unspecified atom stereocenters. The molecule has 0 aliphatic heterocycles. The van der Waals surface area contributed by atoms with Gasteiger partial charge >= 0.3 is 0 Å².